The van der Waals surface area contributed by atoms with Crippen molar-refractivity contribution in [1.29, 1.82) is 0 Å². The average Bonchev–Trinajstić information content (AvgIpc) is 1.99. The summed E-state index contributed by atoms with van der Waals surface area (Å²) in [4.78, 5) is 9.01. The zero-order chi connectivity index (χ0) is 8.85. The van der Waals surface area contributed by atoms with E-state index >= 15 is 0 Å². The molecule has 0 atom stereocenters. The maximum atomic E-state index is 3.32. The van der Waals surface area contributed by atoms with Crippen molar-refractivity contribution < 1.29 is 0 Å². The number of hydrogen-bond acceptors (Lipinski definition) is 3. The molecule has 0 spiro atoms. The second-order valence-corrected chi connectivity index (χ2v) is 5.79. The minimum Gasteiger partial charge on any atom is -0.330 e. The Morgan fingerprint density at radius 3 is 2.00 bits per heavy atom. The summed E-state index contributed by atoms with van der Waals surface area (Å²) in [6.45, 7) is 4.44. The molecule has 0 aliphatic heterocycles. The number of rotatable bonds is 5. The highest BCUT2D eigenvalue weighted by Gasteiger charge is 2.10. The molecule has 0 saturated carbocycles. The molecule has 2 N–H and O–H groups in total. The average molecular weight is 175 g/mol. The molecule has 3 nitrogen and oxygen atoms in total. The molecule has 0 aliphatic rings. The highest BCUT2D eigenvalue weighted by molar-refractivity contribution is 6.53. The van der Waals surface area contributed by atoms with Gasteiger partial charge < -0.3 is 14.9 Å². The molecule has 0 unspecified atom stereocenters. The monoisotopic (exact) mass is 175 g/mol. The summed E-state index contributed by atoms with van der Waals surface area (Å²) in [5.41, 5.74) is 0. The molecular formula is C7H21N3Si. The maximum Gasteiger partial charge on any atom is 0.198 e. The van der Waals surface area contributed by atoms with Crippen molar-refractivity contribution in [2.75, 3.05) is 27.3 Å². The Hall–Kier alpha value is 0.0969. The van der Waals surface area contributed by atoms with Gasteiger partial charge in [0.1, 0.15) is 0 Å². The fraction of sp³-hybridized carbons (Fsp3) is 1.00. The van der Waals surface area contributed by atoms with Gasteiger partial charge in [-0.2, -0.15) is 0 Å². The van der Waals surface area contributed by atoms with Crippen molar-refractivity contribution in [2.24, 2.45) is 0 Å². The van der Waals surface area contributed by atoms with Crippen molar-refractivity contribution in [3.05, 3.63) is 0 Å². The van der Waals surface area contributed by atoms with Gasteiger partial charge in [0, 0.05) is 12.2 Å². The molecule has 68 valence electrons. The van der Waals surface area contributed by atoms with E-state index in [9.17, 15) is 0 Å². The first-order valence-electron chi connectivity index (χ1n) is 4.16. The van der Waals surface area contributed by atoms with Gasteiger partial charge in [-0.25, -0.2) is 0 Å². The van der Waals surface area contributed by atoms with Gasteiger partial charge in [0.05, 0.1) is 0 Å². The molecule has 0 saturated heterocycles. The predicted molar refractivity (Wildman–Crippen MR) is 53.0 cm³/mol. The third-order valence-electron chi connectivity index (χ3n) is 2.05. The third kappa shape index (κ3) is 4.52. The lowest BCUT2D eigenvalue weighted by Crippen LogP contribution is -2.52. The molecule has 0 fully saturated rings. The lowest BCUT2D eigenvalue weighted by Gasteiger charge is -2.25. The first-order chi connectivity index (χ1) is 5.11. The van der Waals surface area contributed by atoms with Gasteiger partial charge in [0.2, 0.25) is 0 Å². The summed E-state index contributed by atoms with van der Waals surface area (Å²) in [5.74, 6) is 0. The molecular weight excluding hydrogens is 154 g/mol. The van der Waals surface area contributed by atoms with Crippen LogP contribution in [0.2, 0.25) is 0 Å². The van der Waals surface area contributed by atoms with E-state index < -0.39 is 9.12 Å². The first-order valence-corrected chi connectivity index (χ1v) is 6.13. The fourth-order valence-corrected chi connectivity index (χ4v) is 2.48. The van der Waals surface area contributed by atoms with Crippen molar-refractivity contribution in [2.45, 2.75) is 19.9 Å². The lowest BCUT2D eigenvalue weighted by atomic mass is 10.4. The van der Waals surface area contributed by atoms with E-state index in [4.69, 9.17) is 0 Å². The van der Waals surface area contributed by atoms with Gasteiger partial charge in [-0.05, 0) is 35.0 Å². The minimum atomic E-state index is -0.880. The van der Waals surface area contributed by atoms with E-state index in [1.54, 1.807) is 0 Å². The Balaban J connectivity index is 3.62. The molecule has 0 radical (unpaired) electrons. The zero-order valence-electron chi connectivity index (χ0n) is 8.31. The largest absolute Gasteiger partial charge is 0.330 e. The summed E-state index contributed by atoms with van der Waals surface area (Å²) in [6.07, 6.45) is 1.17. The second-order valence-electron chi connectivity index (χ2n) is 3.16. The van der Waals surface area contributed by atoms with Gasteiger partial charge in [0.25, 0.3) is 0 Å². The summed E-state index contributed by atoms with van der Waals surface area (Å²) < 4.78 is 0. The Morgan fingerprint density at radius 2 is 1.73 bits per heavy atom. The molecule has 0 bridgehead atoms. The van der Waals surface area contributed by atoms with Crippen LogP contribution in [0.4, 0.5) is 0 Å². The van der Waals surface area contributed by atoms with E-state index in [1.807, 2.05) is 14.1 Å². The summed E-state index contributed by atoms with van der Waals surface area (Å²) in [7, 11) is 5.34. The van der Waals surface area contributed by atoms with Crippen molar-refractivity contribution >= 4 is 9.12 Å². The van der Waals surface area contributed by atoms with Crippen LogP contribution in [0, 0.1) is 0 Å². The SMILES string of the molecule is CN[SiH](CN(C)C(C)C)NC. The van der Waals surface area contributed by atoms with Crippen LogP contribution in [0.3, 0.4) is 0 Å². The zero-order valence-corrected chi connectivity index (χ0v) is 9.46. The number of nitrogens with zero attached hydrogens (tertiary/aromatic N) is 1. The molecule has 11 heavy (non-hydrogen) atoms. The van der Waals surface area contributed by atoms with Crippen LogP contribution in [0.5, 0.6) is 0 Å². The topological polar surface area (TPSA) is 27.3 Å². The molecule has 0 heterocycles. The van der Waals surface area contributed by atoms with Crippen LogP contribution < -0.4 is 9.96 Å². The molecule has 0 aliphatic carbocycles. The summed E-state index contributed by atoms with van der Waals surface area (Å²) in [6, 6.07) is 0.645. The maximum absolute atomic E-state index is 3.32. The van der Waals surface area contributed by atoms with Crippen LogP contribution >= 0.6 is 0 Å². The van der Waals surface area contributed by atoms with Crippen LogP contribution in [0.15, 0.2) is 0 Å². The van der Waals surface area contributed by atoms with Crippen molar-refractivity contribution in [3.8, 4) is 0 Å². The van der Waals surface area contributed by atoms with E-state index in [-0.39, 0.29) is 0 Å². The lowest BCUT2D eigenvalue weighted by molar-refractivity contribution is 0.312. The molecule has 4 heteroatoms. The van der Waals surface area contributed by atoms with E-state index in [0.29, 0.717) is 6.04 Å². The highest BCUT2D eigenvalue weighted by Crippen LogP contribution is 1.91. The quantitative estimate of drug-likeness (QED) is 0.553. The van der Waals surface area contributed by atoms with Crippen LogP contribution in [-0.2, 0) is 0 Å². The Morgan fingerprint density at radius 1 is 1.27 bits per heavy atom. The second kappa shape index (κ2) is 5.71. The van der Waals surface area contributed by atoms with Crippen molar-refractivity contribution in [3.63, 3.8) is 0 Å². The molecule has 0 aromatic rings. The standard InChI is InChI=1S/C7H21N3Si/c1-7(2)10(5)6-11(8-3)9-4/h7-9,11H,6H2,1-5H3. The fourth-order valence-electron chi connectivity index (χ4n) is 0.826. The predicted octanol–water partition coefficient (Wildman–Crippen LogP) is -0.475. The number of nitrogens with one attached hydrogen (secondary N) is 2. The van der Waals surface area contributed by atoms with E-state index in [1.165, 1.54) is 6.17 Å². The van der Waals surface area contributed by atoms with Crippen LogP contribution in [0.25, 0.3) is 0 Å². The minimum absolute atomic E-state index is 0.645. The Bertz CT molecular complexity index is 93.7. The summed E-state index contributed by atoms with van der Waals surface area (Å²) >= 11 is 0. The molecule has 0 rings (SSSR count). The summed E-state index contributed by atoms with van der Waals surface area (Å²) in [5, 5.41) is 0. The molecule has 0 aromatic carbocycles. The molecule has 0 aromatic heterocycles. The van der Waals surface area contributed by atoms with E-state index in [0.717, 1.165) is 0 Å². The normalized spacial score (nSPS) is 12.0. The van der Waals surface area contributed by atoms with Gasteiger partial charge in [-0.15, -0.1) is 0 Å². The Labute approximate surface area is 71.9 Å². The van der Waals surface area contributed by atoms with E-state index in [2.05, 4.69) is 35.8 Å². The third-order valence-corrected chi connectivity index (χ3v) is 4.38. The number of hydrogen-bond donors (Lipinski definition) is 2. The van der Waals surface area contributed by atoms with Gasteiger partial charge in [-0.3, -0.25) is 0 Å². The van der Waals surface area contributed by atoms with Gasteiger partial charge in [0.15, 0.2) is 9.12 Å². The smallest absolute Gasteiger partial charge is 0.198 e. The highest BCUT2D eigenvalue weighted by atomic mass is 28.3. The van der Waals surface area contributed by atoms with Gasteiger partial charge in [-0.1, -0.05) is 0 Å². The van der Waals surface area contributed by atoms with Crippen molar-refractivity contribution in [1.82, 2.24) is 14.9 Å². The Kier molecular flexibility index (Phi) is 5.76. The first kappa shape index (κ1) is 11.1. The van der Waals surface area contributed by atoms with Crippen LogP contribution in [-0.4, -0.2) is 47.4 Å². The van der Waals surface area contributed by atoms with Crippen LogP contribution in [0.1, 0.15) is 13.8 Å². The van der Waals surface area contributed by atoms with Gasteiger partial charge >= 0.3 is 0 Å². The molecule has 0 amide bonds.